The van der Waals surface area contributed by atoms with Crippen molar-refractivity contribution in [1.82, 2.24) is 0 Å². The number of hydrogen-bond donors (Lipinski definition) is 0. The third-order valence-electron chi connectivity index (χ3n) is 3.24. The average Bonchev–Trinajstić information content (AvgIpc) is 2.48. The Morgan fingerprint density at radius 3 is 2.47 bits per heavy atom. The average molecular weight is 280 g/mol. The summed E-state index contributed by atoms with van der Waals surface area (Å²) < 4.78 is 16.7. The molecule has 0 saturated heterocycles. The minimum Gasteiger partial charge on any atom is -0.377 e. The topological polar surface area (TPSA) is 27.7 Å². The van der Waals surface area contributed by atoms with Crippen molar-refractivity contribution in [2.75, 3.05) is 20.8 Å². The molecule has 0 atom stereocenters. The Balaban J connectivity index is 2.44. The standard InChI is InChI=1S/C15H24O3Si/c1-5-14-10-7-8-11-15(14)12-9-13-18-19(6-2,16-3)17-4/h5,7-8,10-11H,1,6,9,12-13H2,2-4H3. The largest absolute Gasteiger partial charge is 0.500 e. The van der Waals surface area contributed by atoms with Gasteiger partial charge in [-0.05, 0) is 24.0 Å². The summed E-state index contributed by atoms with van der Waals surface area (Å²) in [6, 6.07) is 9.09. The van der Waals surface area contributed by atoms with Gasteiger partial charge in [0.1, 0.15) is 0 Å². The second-order valence-corrected chi connectivity index (χ2v) is 7.48. The van der Waals surface area contributed by atoms with Gasteiger partial charge in [0.2, 0.25) is 0 Å². The van der Waals surface area contributed by atoms with Gasteiger partial charge in [0.25, 0.3) is 0 Å². The lowest BCUT2D eigenvalue weighted by Crippen LogP contribution is -2.43. The number of hydrogen-bond acceptors (Lipinski definition) is 3. The molecule has 0 unspecified atom stereocenters. The zero-order valence-electron chi connectivity index (χ0n) is 12.1. The molecule has 1 aromatic carbocycles. The van der Waals surface area contributed by atoms with Gasteiger partial charge in [0.05, 0.1) is 0 Å². The fraction of sp³-hybridized carbons (Fsp3) is 0.467. The summed E-state index contributed by atoms with van der Waals surface area (Å²) in [6.45, 7) is 6.53. The van der Waals surface area contributed by atoms with E-state index in [-0.39, 0.29) is 0 Å². The van der Waals surface area contributed by atoms with Crippen molar-refractivity contribution in [1.29, 1.82) is 0 Å². The predicted molar refractivity (Wildman–Crippen MR) is 81.1 cm³/mol. The lowest BCUT2D eigenvalue weighted by Gasteiger charge is -2.25. The van der Waals surface area contributed by atoms with Crippen LogP contribution in [0.25, 0.3) is 6.08 Å². The molecular weight excluding hydrogens is 256 g/mol. The van der Waals surface area contributed by atoms with Crippen LogP contribution in [0.15, 0.2) is 30.8 Å². The van der Waals surface area contributed by atoms with E-state index >= 15 is 0 Å². The molecule has 0 aromatic heterocycles. The van der Waals surface area contributed by atoms with Gasteiger partial charge in [-0.3, -0.25) is 0 Å². The molecule has 0 heterocycles. The highest BCUT2D eigenvalue weighted by Gasteiger charge is 2.36. The zero-order chi connectivity index (χ0) is 14.1. The normalized spacial score (nSPS) is 11.5. The predicted octanol–water partition coefficient (Wildman–Crippen LogP) is 3.53. The Morgan fingerprint density at radius 1 is 1.21 bits per heavy atom. The van der Waals surface area contributed by atoms with Crippen LogP contribution in [-0.2, 0) is 19.7 Å². The highest BCUT2D eigenvalue weighted by atomic mass is 28.4. The summed E-state index contributed by atoms with van der Waals surface area (Å²) in [6.07, 6.45) is 3.82. The Hall–Kier alpha value is -0.943. The highest BCUT2D eigenvalue weighted by molar-refractivity contribution is 6.60. The molecule has 4 heteroatoms. The van der Waals surface area contributed by atoms with Crippen molar-refractivity contribution in [3.63, 3.8) is 0 Å². The summed E-state index contributed by atoms with van der Waals surface area (Å²) in [7, 11) is 0.920. The molecule has 0 saturated carbocycles. The van der Waals surface area contributed by atoms with Crippen LogP contribution in [0.1, 0.15) is 24.5 Å². The Morgan fingerprint density at radius 2 is 1.89 bits per heavy atom. The second-order valence-electron chi connectivity index (χ2n) is 4.30. The maximum absolute atomic E-state index is 5.84. The smallest absolute Gasteiger partial charge is 0.377 e. The SMILES string of the molecule is C=Cc1ccccc1CCCO[Si](CC)(OC)OC. The minimum absolute atomic E-state index is 0.660. The molecule has 0 N–H and O–H groups in total. The molecule has 19 heavy (non-hydrogen) atoms. The molecule has 3 nitrogen and oxygen atoms in total. The fourth-order valence-electron chi connectivity index (χ4n) is 2.04. The number of aryl methyl sites for hydroxylation is 1. The van der Waals surface area contributed by atoms with Gasteiger partial charge in [0, 0.05) is 26.9 Å². The van der Waals surface area contributed by atoms with E-state index < -0.39 is 8.80 Å². The molecule has 0 aliphatic heterocycles. The van der Waals surface area contributed by atoms with Crippen molar-refractivity contribution < 1.29 is 13.3 Å². The highest BCUT2D eigenvalue weighted by Crippen LogP contribution is 2.15. The van der Waals surface area contributed by atoms with Gasteiger partial charge in [-0.25, -0.2) is 0 Å². The van der Waals surface area contributed by atoms with Crippen LogP contribution in [0, 0.1) is 0 Å². The van der Waals surface area contributed by atoms with Crippen molar-refractivity contribution in [2.45, 2.75) is 25.8 Å². The molecule has 0 spiro atoms. The lowest BCUT2D eigenvalue weighted by molar-refractivity contribution is 0.0985. The summed E-state index contributed by atoms with van der Waals surface area (Å²) in [5.41, 5.74) is 2.50. The summed E-state index contributed by atoms with van der Waals surface area (Å²) in [5.74, 6) is 0. The van der Waals surface area contributed by atoms with E-state index in [9.17, 15) is 0 Å². The summed E-state index contributed by atoms with van der Waals surface area (Å²) in [5, 5.41) is 0. The van der Waals surface area contributed by atoms with Crippen LogP contribution in [0.5, 0.6) is 0 Å². The van der Waals surface area contributed by atoms with Crippen LogP contribution < -0.4 is 0 Å². The van der Waals surface area contributed by atoms with E-state index in [1.54, 1.807) is 14.2 Å². The fourth-order valence-corrected chi connectivity index (χ4v) is 3.68. The van der Waals surface area contributed by atoms with Crippen LogP contribution in [0.4, 0.5) is 0 Å². The van der Waals surface area contributed by atoms with Gasteiger partial charge < -0.3 is 13.3 Å². The summed E-state index contributed by atoms with van der Waals surface area (Å²) in [4.78, 5) is 0. The number of rotatable bonds is 9. The van der Waals surface area contributed by atoms with E-state index in [4.69, 9.17) is 13.3 Å². The third-order valence-corrected chi connectivity index (χ3v) is 6.00. The van der Waals surface area contributed by atoms with E-state index in [1.807, 2.05) is 19.1 Å². The first kappa shape index (κ1) is 16.1. The van der Waals surface area contributed by atoms with Gasteiger partial charge in [0.15, 0.2) is 0 Å². The van der Waals surface area contributed by atoms with Crippen LogP contribution >= 0.6 is 0 Å². The molecular formula is C15H24O3Si. The first-order chi connectivity index (χ1) is 9.21. The first-order valence-corrected chi connectivity index (χ1v) is 8.59. The van der Waals surface area contributed by atoms with Crippen molar-refractivity contribution in [2.24, 2.45) is 0 Å². The van der Waals surface area contributed by atoms with E-state index in [0.29, 0.717) is 6.61 Å². The Bertz CT molecular complexity index is 380. The van der Waals surface area contributed by atoms with Crippen molar-refractivity contribution >= 4 is 14.9 Å². The van der Waals surface area contributed by atoms with E-state index in [1.165, 1.54) is 11.1 Å². The molecule has 106 valence electrons. The summed E-state index contributed by atoms with van der Waals surface area (Å²) >= 11 is 0. The third kappa shape index (κ3) is 4.58. The monoisotopic (exact) mass is 280 g/mol. The van der Waals surface area contributed by atoms with Crippen LogP contribution in [0.2, 0.25) is 6.04 Å². The molecule has 1 aromatic rings. The maximum atomic E-state index is 5.84. The van der Waals surface area contributed by atoms with Gasteiger partial charge in [-0.15, -0.1) is 0 Å². The Labute approximate surface area is 117 Å². The van der Waals surface area contributed by atoms with Crippen molar-refractivity contribution in [3.8, 4) is 0 Å². The lowest BCUT2D eigenvalue weighted by atomic mass is 10.0. The van der Waals surface area contributed by atoms with E-state index in [0.717, 1.165) is 18.9 Å². The van der Waals surface area contributed by atoms with Crippen LogP contribution in [-0.4, -0.2) is 29.6 Å². The molecule has 0 radical (unpaired) electrons. The molecule has 0 aliphatic carbocycles. The minimum atomic E-state index is -2.40. The van der Waals surface area contributed by atoms with Gasteiger partial charge in [-0.1, -0.05) is 43.8 Å². The number of benzene rings is 1. The second kappa shape index (κ2) is 8.27. The van der Waals surface area contributed by atoms with E-state index in [2.05, 4.69) is 24.8 Å². The van der Waals surface area contributed by atoms with Crippen molar-refractivity contribution in [3.05, 3.63) is 42.0 Å². The van der Waals surface area contributed by atoms with Crippen LogP contribution in [0.3, 0.4) is 0 Å². The molecule has 1 rings (SSSR count). The Kier molecular flexibility index (Phi) is 7.01. The molecule has 0 fully saturated rings. The quantitative estimate of drug-likeness (QED) is 0.511. The zero-order valence-corrected chi connectivity index (χ0v) is 13.1. The molecule has 0 amide bonds. The maximum Gasteiger partial charge on any atom is 0.500 e. The van der Waals surface area contributed by atoms with Gasteiger partial charge >= 0.3 is 8.80 Å². The van der Waals surface area contributed by atoms with Gasteiger partial charge in [-0.2, -0.15) is 0 Å². The molecule has 0 bridgehead atoms. The first-order valence-electron chi connectivity index (χ1n) is 6.66. The molecule has 0 aliphatic rings.